The van der Waals surface area contributed by atoms with Crippen LogP contribution in [-0.2, 0) is 14.3 Å². The number of aromatic nitrogens is 2. The number of esters is 1. The van der Waals surface area contributed by atoms with Crippen molar-refractivity contribution in [2.24, 2.45) is 0 Å². The molecule has 1 N–H and O–H groups in total. The zero-order chi connectivity index (χ0) is 17.3. The number of rotatable bonds is 4. The third kappa shape index (κ3) is 2.76. The number of hydrogen-bond donors (Lipinski definition) is 1. The molecule has 0 unspecified atom stereocenters. The minimum atomic E-state index is -0.681. The highest BCUT2D eigenvalue weighted by atomic mass is 32.1. The lowest BCUT2D eigenvalue weighted by Crippen LogP contribution is -2.37. The van der Waals surface area contributed by atoms with E-state index in [1.807, 2.05) is 17.5 Å². The van der Waals surface area contributed by atoms with Gasteiger partial charge in [-0.15, -0.1) is 11.3 Å². The van der Waals surface area contributed by atoms with Gasteiger partial charge in [0, 0.05) is 17.8 Å². The summed E-state index contributed by atoms with van der Waals surface area (Å²) in [5.41, 5.74) is 2.90. The molecule has 122 valence electrons. The molecule has 0 aliphatic carbocycles. The number of methoxy groups -OCH3 is 1. The van der Waals surface area contributed by atoms with Gasteiger partial charge in [0.15, 0.2) is 11.6 Å². The average molecular weight is 344 g/mol. The molecule has 3 heterocycles. The third-order valence-corrected chi connectivity index (χ3v) is 4.12. The summed E-state index contributed by atoms with van der Waals surface area (Å²) in [5, 5.41) is 2.66. The lowest BCUT2D eigenvalue weighted by Gasteiger charge is -2.18. The van der Waals surface area contributed by atoms with Gasteiger partial charge in [0.2, 0.25) is 0 Å². The van der Waals surface area contributed by atoms with Crippen LogP contribution in [-0.4, -0.2) is 39.9 Å². The Morgan fingerprint density at radius 1 is 1.38 bits per heavy atom. The van der Waals surface area contributed by atoms with E-state index in [-0.39, 0.29) is 11.4 Å². The molecule has 1 aliphatic rings. The van der Waals surface area contributed by atoms with E-state index in [0.29, 0.717) is 11.4 Å². The van der Waals surface area contributed by atoms with Crippen molar-refractivity contribution in [3.8, 4) is 10.7 Å². The molecular formula is C15H12N4O4S. The van der Waals surface area contributed by atoms with Crippen molar-refractivity contribution in [3.63, 3.8) is 0 Å². The van der Waals surface area contributed by atoms with Gasteiger partial charge in [-0.3, -0.25) is 15.0 Å². The second-order valence-corrected chi connectivity index (χ2v) is 5.79. The summed E-state index contributed by atoms with van der Waals surface area (Å²) in [6.07, 6.45) is 2.50. The Hall–Kier alpha value is -3.07. The van der Waals surface area contributed by atoms with Crippen LogP contribution in [0.25, 0.3) is 10.7 Å². The molecule has 1 aliphatic heterocycles. The van der Waals surface area contributed by atoms with Crippen molar-refractivity contribution in [2.75, 3.05) is 12.5 Å². The number of ether oxygens (including phenoxy) is 1. The van der Waals surface area contributed by atoms with Crippen LogP contribution in [0.1, 0.15) is 17.3 Å². The minimum absolute atomic E-state index is 0.0166. The number of amides is 2. The molecule has 0 bridgehead atoms. The van der Waals surface area contributed by atoms with E-state index in [0.717, 1.165) is 9.89 Å². The van der Waals surface area contributed by atoms with Gasteiger partial charge in [-0.2, -0.15) is 5.01 Å². The molecule has 24 heavy (non-hydrogen) atoms. The van der Waals surface area contributed by atoms with Crippen LogP contribution in [0, 0.1) is 0 Å². The van der Waals surface area contributed by atoms with Crippen LogP contribution in [0.2, 0.25) is 0 Å². The van der Waals surface area contributed by atoms with Crippen LogP contribution >= 0.6 is 11.3 Å². The van der Waals surface area contributed by atoms with Crippen molar-refractivity contribution >= 4 is 34.9 Å². The van der Waals surface area contributed by atoms with Gasteiger partial charge in [0.05, 0.1) is 12.0 Å². The van der Waals surface area contributed by atoms with E-state index in [2.05, 4.69) is 20.1 Å². The molecule has 2 aromatic heterocycles. The van der Waals surface area contributed by atoms with Gasteiger partial charge in [-0.1, -0.05) is 6.07 Å². The van der Waals surface area contributed by atoms with E-state index in [1.165, 1.54) is 37.6 Å². The van der Waals surface area contributed by atoms with E-state index >= 15 is 0 Å². The molecule has 3 rings (SSSR count). The molecule has 8 nitrogen and oxygen atoms in total. The third-order valence-electron chi connectivity index (χ3n) is 3.25. The summed E-state index contributed by atoms with van der Waals surface area (Å²) in [7, 11) is 1.22. The number of carbonyl (C=O) groups excluding carboxylic acids is 3. The lowest BCUT2D eigenvalue weighted by molar-refractivity contribution is -0.135. The standard InChI is InChI=1S/C15H12N4O4S/c1-8-6-11(20)19(14(8)21)18-12-9(15(22)23-2)7-16-13(17-12)10-4-3-5-24-10/h3-7H,1-2H3,(H,16,17,18). The number of hydrogen-bond acceptors (Lipinski definition) is 8. The van der Waals surface area contributed by atoms with Gasteiger partial charge in [0.1, 0.15) is 5.56 Å². The molecule has 0 spiro atoms. The summed E-state index contributed by atoms with van der Waals surface area (Å²) in [6, 6.07) is 3.66. The Morgan fingerprint density at radius 2 is 2.17 bits per heavy atom. The SMILES string of the molecule is COC(=O)c1cnc(-c2cccs2)nc1NN1C(=O)C=C(C)C1=O. The molecule has 0 saturated carbocycles. The maximum Gasteiger partial charge on any atom is 0.343 e. The number of carbonyl (C=O) groups is 3. The number of nitrogens with one attached hydrogen (secondary N) is 1. The van der Waals surface area contributed by atoms with Gasteiger partial charge in [-0.25, -0.2) is 14.8 Å². The predicted molar refractivity (Wildman–Crippen MR) is 85.9 cm³/mol. The number of thiophene rings is 1. The average Bonchev–Trinajstić information content (AvgIpc) is 3.19. The number of nitrogens with zero attached hydrogens (tertiary/aromatic N) is 3. The molecule has 0 atom stereocenters. The fourth-order valence-electron chi connectivity index (χ4n) is 2.05. The molecule has 2 amide bonds. The van der Waals surface area contributed by atoms with Crippen LogP contribution in [0.15, 0.2) is 35.4 Å². The molecule has 0 saturated heterocycles. The zero-order valence-electron chi connectivity index (χ0n) is 12.8. The molecular weight excluding hydrogens is 332 g/mol. The zero-order valence-corrected chi connectivity index (χ0v) is 13.6. The molecule has 0 aromatic carbocycles. The normalized spacial score (nSPS) is 13.9. The second kappa shape index (κ2) is 6.20. The summed E-state index contributed by atoms with van der Waals surface area (Å²) >= 11 is 1.42. The first-order valence-corrected chi connectivity index (χ1v) is 7.72. The quantitative estimate of drug-likeness (QED) is 0.664. The van der Waals surface area contributed by atoms with Crippen molar-refractivity contribution in [1.82, 2.24) is 15.0 Å². The minimum Gasteiger partial charge on any atom is -0.465 e. The monoisotopic (exact) mass is 344 g/mol. The van der Waals surface area contributed by atoms with E-state index in [9.17, 15) is 14.4 Å². The summed E-state index contributed by atoms with van der Waals surface area (Å²) in [6.45, 7) is 1.53. The van der Waals surface area contributed by atoms with Crippen molar-refractivity contribution < 1.29 is 19.1 Å². The second-order valence-electron chi connectivity index (χ2n) is 4.84. The Bertz CT molecular complexity index is 860. The first-order chi connectivity index (χ1) is 11.5. The number of anilines is 1. The van der Waals surface area contributed by atoms with Crippen LogP contribution < -0.4 is 5.43 Å². The van der Waals surface area contributed by atoms with Crippen molar-refractivity contribution in [2.45, 2.75) is 6.92 Å². The smallest absolute Gasteiger partial charge is 0.343 e. The highest BCUT2D eigenvalue weighted by Gasteiger charge is 2.30. The Labute approximate surface area is 140 Å². The van der Waals surface area contributed by atoms with E-state index in [4.69, 9.17) is 0 Å². The van der Waals surface area contributed by atoms with Crippen LogP contribution in [0.5, 0.6) is 0 Å². The van der Waals surface area contributed by atoms with E-state index in [1.54, 1.807) is 0 Å². The van der Waals surface area contributed by atoms with E-state index < -0.39 is 17.8 Å². The Morgan fingerprint density at radius 3 is 2.75 bits per heavy atom. The van der Waals surface area contributed by atoms with Crippen molar-refractivity contribution in [1.29, 1.82) is 0 Å². The fourth-order valence-corrected chi connectivity index (χ4v) is 2.72. The Kier molecular flexibility index (Phi) is 4.09. The summed E-state index contributed by atoms with van der Waals surface area (Å²) in [5.74, 6) is -1.34. The topological polar surface area (TPSA) is 101 Å². The number of hydrazine groups is 1. The van der Waals surface area contributed by atoms with Gasteiger partial charge in [-0.05, 0) is 18.4 Å². The maximum absolute atomic E-state index is 12.0. The molecule has 9 heteroatoms. The van der Waals surface area contributed by atoms with Gasteiger partial charge >= 0.3 is 5.97 Å². The summed E-state index contributed by atoms with van der Waals surface area (Å²) in [4.78, 5) is 44.9. The molecule has 0 radical (unpaired) electrons. The number of imide groups is 1. The molecule has 2 aromatic rings. The summed E-state index contributed by atoms with van der Waals surface area (Å²) < 4.78 is 4.69. The first kappa shape index (κ1) is 15.8. The fraction of sp³-hybridized carbons (Fsp3) is 0.133. The predicted octanol–water partition coefficient (Wildman–Crippen LogP) is 1.63. The largest absolute Gasteiger partial charge is 0.465 e. The van der Waals surface area contributed by atoms with Crippen LogP contribution in [0.3, 0.4) is 0 Å². The first-order valence-electron chi connectivity index (χ1n) is 6.84. The van der Waals surface area contributed by atoms with Gasteiger partial charge < -0.3 is 4.74 Å². The highest BCUT2D eigenvalue weighted by molar-refractivity contribution is 7.13. The lowest BCUT2D eigenvalue weighted by atomic mass is 10.3. The Balaban J connectivity index is 2.00. The highest BCUT2D eigenvalue weighted by Crippen LogP contribution is 2.25. The maximum atomic E-state index is 12.0. The van der Waals surface area contributed by atoms with Gasteiger partial charge in [0.25, 0.3) is 11.8 Å². The van der Waals surface area contributed by atoms with Crippen molar-refractivity contribution in [3.05, 3.63) is 40.9 Å². The molecule has 0 fully saturated rings. The van der Waals surface area contributed by atoms with Crippen LogP contribution in [0.4, 0.5) is 5.82 Å².